The van der Waals surface area contributed by atoms with Crippen LogP contribution in [-0.4, -0.2) is 17.0 Å². The zero-order valence-electron chi connectivity index (χ0n) is 7.81. The molecular formula is C10H10N2O3. The monoisotopic (exact) mass is 206 g/mol. The van der Waals surface area contributed by atoms with Gasteiger partial charge in [-0.05, 0) is 11.1 Å². The van der Waals surface area contributed by atoms with Crippen molar-refractivity contribution in [2.45, 2.75) is 12.1 Å². The third kappa shape index (κ3) is 1.46. The van der Waals surface area contributed by atoms with E-state index in [9.17, 15) is 9.59 Å². The van der Waals surface area contributed by atoms with Crippen LogP contribution < -0.4 is 11.1 Å². The summed E-state index contributed by atoms with van der Waals surface area (Å²) in [6.45, 7) is 0. The second kappa shape index (κ2) is 3.36. The number of amides is 1. The van der Waals surface area contributed by atoms with Crippen molar-refractivity contribution in [1.82, 2.24) is 5.32 Å². The summed E-state index contributed by atoms with van der Waals surface area (Å²) in [4.78, 5) is 22.3. The molecule has 15 heavy (non-hydrogen) atoms. The maximum Gasteiger partial charge on any atom is 0.330 e. The molecule has 1 heterocycles. The number of carboxylic acids is 1. The smallest absolute Gasteiger partial charge is 0.330 e. The van der Waals surface area contributed by atoms with Gasteiger partial charge in [0.2, 0.25) is 5.91 Å². The lowest BCUT2D eigenvalue weighted by Gasteiger charge is -2.27. The number of nitrogens with one attached hydrogen (secondary N) is 1. The van der Waals surface area contributed by atoms with E-state index in [0.717, 1.165) is 0 Å². The number of fused-ring (bicyclic) bond motifs is 1. The van der Waals surface area contributed by atoms with Gasteiger partial charge < -0.3 is 16.2 Å². The van der Waals surface area contributed by atoms with E-state index in [2.05, 4.69) is 5.32 Å². The van der Waals surface area contributed by atoms with Crippen LogP contribution in [0.2, 0.25) is 0 Å². The van der Waals surface area contributed by atoms with Crippen LogP contribution in [0.1, 0.15) is 23.2 Å². The van der Waals surface area contributed by atoms with Gasteiger partial charge in [0.25, 0.3) is 0 Å². The Hall–Kier alpha value is -1.88. The van der Waals surface area contributed by atoms with Crippen LogP contribution >= 0.6 is 0 Å². The largest absolute Gasteiger partial charge is 0.479 e. The highest BCUT2D eigenvalue weighted by Gasteiger charge is 2.34. The molecule has 4 N–H and O–H groups in total. The summed E-state index contributed by atoms with van der Waals surface area (Å²) in [5.41, 5.74) is 6.78. The lowest BCUT2D eigenvalue weighted by molar-refractivity contribution is -0.142. The molecule has 1 aromatic carbocycles. The van der Waals surface area contributed by atoms with E-state index in [1.165, 1.54) is 0 Å². The average Bonchev–Trinajstić information content (AvgIpc) is 2.23. The molecule has 1 amide bonds. The molecule has 0 radical (unpaired) electrons. The highest BCUT2D eigenvalue weighted by molar-refractivity contribution is 5.91. The van der Waals surface area contributed by atoms with Gasteiger partial charge in [-0.2, -0.15) is 0 Å². The first-order chi connectivity index (χ1) is 7.11. The van der Waals surface area contributed by atoms with E-state index >= 15 is 0 Å². The standard InChI is InChI=1S/C10H10N2O3/c11-7-5-3-1-2-4-6(5)8(10(14)15)12-9(7)13/h1-4,7-8H,11H2,(H,12,13)(H,14,15)/t7-,8-/m0/s1. The first-order valence-corrected chi connectivity index (χ1v) is 4.49. The molecule has 0 unspecified atom stereocenters. The summed E-state index contributed by atoms with van der Waals surface area (Å²) in [7, 11) is 0. The number of benzene rings is 1. The molecule has 5 heteroatoms. The van der Waals surface area contributed by atoms with E-state index in [0.29, 0.717) is 11.1 Å². The first kappa shape index (κ1) is 9.67. The Morgan fingerprint density at radius 1 is 1.33 bits per heavy atom. The predicted molar refractivity (Wildman–Crippen MR) is 51.9 cm³/mol. The van der Waals surface area contributed by atoms with Gasteiger partial charge in [-0.1, -0.05) is 24.3 Å². The van der Waals surface area contributed by atoms with Crippen LogP contribution in [0.15, 0.2) is 24.3 Å². The van der Waals surface area contributed by atoms with Crippen molar-refractivity contribution in [3.05, 3.63) is 35.4 Å². The summed E-state index contributed by atoms with van der Waals surface area (Å²) in [5.74, 6) is -1.54. The van der Waals surface area contributed by atoms with Gasteiger partial charge in [0, 0.05) is 0 Å². The minimum Gasteiger partial charge on any atom is -0.479 e. The van der Waals surface area contributed by atoms with Crippen LogP contribution in [-0.2, 0) is 9.59 Å². The number of aliphatic carboxylic acids is 1. The number of nitrogens with two attached hydrogens (primary N) is 1. The van der Waals surface area contributed by atoms with Crippen LogP contribution in [0, 0.1) is 0 Å². The number of hydrogen-bond acceptors (Lipinski definition) is 3. The fraction of sp³-hybridized carbons (Fsp3) is 0.200. The second-order valence-corrected chi connectivity index (χ2v) is 3.39. The van der Waals surface area contributed by atoms with Gasteiger partial charge in [0.05, 0.1) is 0 Å². The van der Waals surface area contributed by atoms with Gasteiger partial charge in [-0.25, -0.2) is 4.79 Å². The Kier molecular flexibility index (Phi) is 2.17. The van der Waals surface area contributed by atoms with Gasteiger partial charge >= 0.3 is 5.97 Å². The minimum atomic E-state index is -1.08. The summed E-state index contributed by atoms with van der Waals surface area (Å²) >= 11 is 0. The SMILES string of the molecule is N[C@@H]1C(=O)N[C@H](C(=O)O)c2ccccc21. The summed E-state index contributed by atoms with van der Waals surface area (Å²) < 4.78 is 0. The highest BCUT2D eigenvalue weighted by Crippen LogP contribution is 2.27. The molecule has 0 aromatic heterocycles. The fourth-order valence-corrected chi connectivity index (χ4v) is 1.70. The van der Waals surface area contributed by atoms with Crippen molar-refractivity contribution in [1.29, 1.82) is 0 Å². The lowest BCUT2D eigenvalue weighted by atomic mass is 9.91. The minimum absolute atomic E-state index is 0.457. The first-order valence-electron chi connectivity index (χ1n) is 4.49. The molecule has 2 rings (SSSR count). The molecule has 1 aliphatic rings. The fourth-order valence-electron chi connectivity index (χ4n) is 1.70. The van der Waals surface area contributed by atoms with Crippen molar-refractivity contribution in [2.24, 2.45) is 5.73 Å². The lowest BCUT2D eigenvalue weighted by Crippen LogP contribution is -2.44. The van der Waals surface area contributed by atoms with Crippen molar-refractivity contribution in [3.8, 4) is 0 Å². The Morgan fingerprint density at radius 2 is 1.93 bits per heavy atom. The van der Waals surface area contributed by atoms with Gasteiger partial charge in [0.1, 0.15) is 6.04 Å². The molecule has 1 aromatic rings. The molecule has 0 aliphatic carbocycles. The molecule has 0 bridgehead atoms. The molecule has 0 saturated carbocycles. The van der Waals surface area contributed by atoms with Gasteiger partial charge in [0.15, 0.2) is 6.04 Å². The highest BCUT2D eigenvalue weighted by atomic mass is 16.4. The van der Waals surface area contributed by atoms with Crippen LogP contribution in [0.5, 0.6) is 0 Å². The van der Waals surface area contributed by atoms with E-state index < -0.39 is 24.0 Å². The Balaban J connectivity index is 2.54. The average molecular weight is 206 g/mol. The molecule has 0 saturated heterocycles. The second-order valence-electron chi connectivity index (χ2n) is 3.39. The van der Waals surface area contributed by atoms with Crippen LogP contribution in [0.3, 0.4) is 0 Å². The zero-order chi connectivity index (χ0) is 11.0. The van der Waals surface area contributed by atoms with Crippen molar-refractivity contribution in [3.63, 3.8) is 0 Å². The molecule has 0 fully saturated rings. The van der Waals surface area contributed by atoms with E-state index in [4.69, 9.17) is 10.8 Å². The van der Waals surface area contributed by atoms with E-state index in [1.54, 1.807) is 24.3 Å². The Morgan fingerprint density at radius 3 is 2.53 bits per heavy atom. The normalized spacial score (nSPS) is 24.2. The Bertz CT molecular complexity index is 430. The number of carbonyl (C=O) groups is 2. The summed E-state index contributed by atoms with van der Waals surface area (Å²) in [6, 6.07) is 5.02. The van der Waals surface area contributed by atoms with Gasteiger partial charge in [-0.15, -0.1) is 0 Å². The third-order valence-corrected chi connectivity index (χ3v) is 2.46. The number of rotatable bonds is 1. The van der Waals surface area contributed by atoms with Crippen molar-refractivity contribution < 1.29 is 14.7 Å². The topological polar surface area (TPSA) is 92.4 Å². The molecule has 2 atom stereocenters. The maximum absolute atomic E-state index is 11.4. The molecule has 5 nitrogen and oxygen atoms in total. The van der Waals surface area contributed by atoms with Crippen LogP contribution in [0.25, 0.3) is 0 Å². The van der Waals surface area contributed by atoms with Crippen molar-refractivity contribution >= 4 is 11.9 Å². The third-order valence-electron chi connectivity index (χ3n) is 2.46. The predicted octanol–water partition coefficient (Wildman–Crippen LogP) is -0.0581. The van der Waals surface area contributed by atoms with Crippen molar-refractivity contribution in [2.75, 3.05) is 0 Å². The van der Waals surface area contributed by atoms with Gasteiger partial charge in [-0.3, -0.25) is 4.79 Å². The summed E-state index contributed by atoms with van der Waals surface area (Å²) in [5, 5.41) is 11.3. The number of hydrogen-bond donors (Lipinski definition) is 3. The van der Waals surface area contributed by atoms with Crippen LogP contribution in [0.4, 0.5) is 0 Å². The zero-order valence-corrected chi connectivity index (χ0v) is 7.81. The maximum atomic E-state index is 11.4. The molecule has 0 spiro atoms. The Labute approximate surface area is 85.9 Å². The molecule has 78 valence electrons. The molecule has 1 aliphatic heterocycles. The number of carboxylic acid groups (broad SMARTS) is 1. The quantitative estimate of drug-likeness (QED) is 0.600. The summed E-state index contributed by atoms with van der Waals surface area (Å²) in [6.07, 6.45) is 0. The van der Waals surface area contributed by atoms with E-state index in [-0.39, 0.29) is 0 Å². The molecular weight excluding hydrogens is 196 g/mol. The number of carbonyl (C=O) groups excluding carboxylic acids is 1. The van der Waals surface area contributed by atoms with E-state index in [1.807, 2.05) is 0 Å².